The molecule has 2 aromatic carbocycles. The standard InChI is InChI=1S/C32H34FN5O5S/c1-32(18-7-8-18,30-36-27-17(6-5-16-3-4-16)13-19(43-2)14-24(27)44-30)37-31(42)34-22-10-9-20-21(26(22)33)15-38(29(20)41)23-11-12-25(39)35-28(23)40/h9-10,13-14,16,18,23H,3-8,11-12,15H2,1-2H3,(H2,34,37,42)(H,35,39,40)/t23?,32-/m0/s1. The van der Waals surface area contributed by atoms with Gasteiger partial charge in [0, 0.05) is 17.5 Å². The Kier molecular flexibility index (Phi) is 7.06. The molecular formula is C32H34FN5O5S. The number of benzene rings is 2. The molecule has 3 N–H and O–H groups in total. The Morgan fingerprint density at radius 3 is 2.68 bits per heavy atom. The van der Waals surface area contributed by atoms with Crippen LogP contribution < -0.4 is 20.7 Å². The van der Waals surface area contributed by atoms with E-state index in [9.17, 15) is 19.2 Å². The Balaban J connectivity index is 1.11. The fourth-order valence-electron chi connectivity index (χ4n) is 6.45. The maximum atomic E-state index is 15.7. The Hall–Kier alpha value is -4.06. The zero-order valence-electron chi connectivity index (χ0n) is 24.6. The molecule has 3 fully saturated rings. The van der Waals surface area contributed by atoms with Crippen molar-refractivity contribution in [2.24, 2.45) is 11.8 Å². The highest BCUT2D eigenvalue weighted by atomic mass is 32.1. The Morgan fingerprint density at radius 1 is 1.18 bits per heavy atom. The second-order valence-corrected chi connectivity index (χ2v) is 13.6. The predicted molar refractivity (Wildman–Crippen MR) is 162 cm³/mol. The lowest BCUT2D eigenvalue weighted by atomic mass is 9.96. The minimum absolute atomic E-state index is 0.0614. The minimum atomic E-state index is -0.853. The summed E-state index contributed by atoms with van der Waals surface area (Å²) >= 11 is 1.54. The molecule has 2 aliphatic carbocycles. The van der Waals surface area contributed by atoms with Crippen LogP contribution in [0.5, 0.6) is 5.75 Å². The number of piperidine rings is 1. The summed E-state index contributed by atoms with van der Waals surface area (Å²) in [5, 5.41) is 8.80. The van der Waals surface area contributed by atoms with Crippen LogP contribution in [0.15, 0.2) is 24.3 Å². The number of carbonyl (C=O) groups is 4. The van der Waals surface area contributed by atoms with Crippen LogP contribution in [0.4, 0.5) is 14.9 Å². The van der Waals surface area contributed by atoms with Crippen LogP contribution in [0.1, 0.15) is 78.4 Å². The lowest BCUT2D eigenvalue weighted by molar-refractivity contribution is -0.136. The van der Waals surface area contributed by atoms with Crippen molar-refractivity contribution < 1.29 is 28.3 Å². The summed E-state index contributed by atoms with van der Waals surface area (Å²) in [6.45, 7) is 1.85. The van der Waals surface area contributed by atoms with Crippen LogP contribution in [-0.2, 0) is 28.1 Å². The number of methoxy groups -OCH3 is 1. The van der Waals surface area contributed by atoms with Gasteiger partial charge in [-0.3, -0.25) is 19.7 Å². The molecule has 1 unspecified atom stereocenters. The topological polar surface area (TPSA) is 130 Å². The number of thiazole rings is 1. The van der Waals surface area contributed by atoms with Crippen molar-refractivity contribution in [1.29, 1.82) is 0 Å². The van der Waals surface area contributed by atoms with E-state index in [1.807, 2.05) is 13.0 Å². The molecule has 7 rings (SSSR count). The third-order valence-electron chi connectivity index (χ3n) is 9.41. The zero-order chi connectivity index (χ0) is 30.7. The van der Waals surface area contributed by atoms with E-state index in [1.165, 1.54) is 29.9 Å². The van der Waals surface area contributed by atoms with Gasteiger partial charge in [0.25, 0.3) is 5.91 Å². The number of aromatic nitrogens is 1. The monoisotopic (exact) mass is 619 g/mol. The molecular weight excluding hydrogens is 585 g/mol. The number of hydrogen-bond donors (Lipinski definition) is 3. The number of halogens is 1. The largest absolute Gasteiger partial charge is 0.497 e. The molecule has 5 amide bonds. The van der Waals surface area contributed by atoms with Crippen molar-refractivity contribution in [3.63, 3.8) is 0 Å². The first kappa shape index (κ1) is 28.7. The van der Waals surface area contributed by atoms with E-state index in [2.05, 4.69) is 22.0 Å². The summed E-state index contributed by atoms with van der Waals surface area (Å²) in [5.41, 5.74) is 1.52. The SMILES string of the molecule is COc1cc(CCC2CC2)c2nc([C@@](C)(NC(=O)Nc3ccc4c(c3F)CN(C3CCC(=O)NC3=O)C4=O)C3CC3)sc2c1. The highest BCUT2D eigenvalue weighted by Crippen LogP contribution is 2.48. The maximum absolute atomic E-state index is 15.7. The molecule has 1 aromatic heterocycles. The molecule has 10 nitrogen and oxygen atoms in total. The van der Waals surface area contributed by atoms with Crippen molar-refractivity contribution in [3.8, 4) is 5.75 Å². The van der Waals surface area contributed by atoms with Crippen LogP contribution in [0.2, 0.25) is 0 Å². The number of rotatable bonds is 9. The first-order valence-electron chi connectivity index (χ1n) is 15.2. The number of hydrogen-bond acceptors (Lipinski definition) is 7. The van der Waals surface area contributed by atoms with Crippen LogP contribution in [0.25, 0.3) is 10.2 Å². The summed E-state index contributed by atoms with van der Waals surface area (Å²) < 4.78 is 22.3. The van der Waals surface area contributed by atoms with Gasteiger partial charge >= 0.3 is 6.03 Å². The number of aryl methyl sites for hydroxylation is 1. The molecule has 3 aromatic rings. The smallest absolute Gasteiger partial charge is 0.320 e. The van der Waals surface area contributed by atoms with E-state index in [4.69, 9.17) is 9.72 Å². The number of urea groups is 1. The second-order valence-electron chi connectivity index (χ2n) is 12.5. The Morgan fingerprint density at radius 2 is 1.98 bits per heavy atom. The Labute approximate surface area is 257 Å². The molecule has 12 heteroatoms. The highest BCUT2D eigenvalue weighted by Gasteiger charge is 2.47. The van der Waals surface area contributed by atoms with Crippen LogP contribution in [0.3, 0.4) is 0 Å². The number of fused-ring (bicyclic) bond motifs is 2. The van der Waals surface area contributed by atoms with E-state index < -0.39 is 41.2 Å². The summed E-state index contributed by atoms with van der Waals surface area (Å²) in [6, 6.07) is 5.45. The van der Waals surface area contributed by atoms with Gasteiger partial charge in [0.1, 0.15) is 16.8 Å². The van der Waals surface area contributed by atoms with E-state index in [0.29, 0.717) is 0 Å². The molecule has 3 heterocycles. The normalized spacial score (nSPS) is 21.2. The van der Waals surface area contributed by atoms with Gasteiger partial charge in [0.2, 0.25) is 11.8 Å². The van der Waals surface area contributed by atoms with Crippen molar-refractivity contribution in [3.05, 3.63) is 51.8 Å². The quantitative estimate of drug-likeness (QED) is 0.289. The summed E-state index contributed by atoms with van der Waals surface area (Å²) in [5.74, 6) is -0.389. The average molecular weight is 620 g/mol. The van der Waals surface area contributed by atoms with E-state index in [-0.39, 0.29) is 42.1 Å². The van der Waals surface area contributed by atoms with Crippen LogP contribution >= 0.6 is 11.3 Å². The van der Waals surface area contributed by atoms with E-state index in [0.717, 1.165) is 58.1 Å². The van der Waals surface area contributed by atoms with Gasteiger partial charge in [-0.2, -0.15) is 0 Å². The van der Waals surface area contributed by atoms with Crippen molar-refractivity contribution in [1.82, 2.24) is 20.5 Å². The van der Waals surface area contributed by atoms with E-state index in [1.54, 1.807) is 18.4 Å². The van der Waals surface area contributed by atoms with Gasteiger partial charge in [-0.15, -0.1) is 11.3 Å². The van der Waals surface area contributed by atoms with Gasteiger partial charge in [-0.25, -0.2) is 14.2 Å². The molecule has 2 aliphatic heterocycles. The minimum Gasteiger partial charge on any atom is -0.497 e. The molecule has 2 atom stereocenters. The summed E-state index contributed by atoms with van der Waals surface area (Å²) in [4.78, 5) is 56.7. The number of imide groups is 1. The lowest BCUT2D eigenvalue weighted by Gasteiger charge is -2.29. The lowest BCUT2D eigenvalue weighted by Crippen LogP contribution is -2.52. The number of carbonyl (C=O) groups excluding carboxylic acids is 4. The molecule has 230 valence electrons. The van der Waals surface area contributed by atoms with Gasteiger partial charge in [-0.05, 0) is 80.7 Å². The first-order chi connectivity index (χ1) is 21.1. The predicted octanol–water partition coefficient (Wildman–Crippen LogP) is 4.99. The number of anilines is 1. The molecule has 1 saturated heterocycles. The number of amides is 5. The fraction of sp³-hybridized carbons (Fsp3) is 0.469. The van der Waals surface area contributed by atoms with Gasteiger partial charge < -0.3 is 20.3 Å². The van der Waals surface area contributed by atoms with E-state index >= 15 is 4.39 Å². The number of nitrogens with one attached hydrogen (secondary N) is 3. The first-order valence-corrected chi connectivity index (χ1v) is 16.0. The highest BCUT2D eigenvalue weighted by molar-refractivity contribution is 7.18. The maximum Gasteiger partial charge on any atom is 0.320 e. The second kappa shape index (κ2) is 10.8. The molecule has 0 spiro atoms. The average Bonchev–Trinajstić information content (AvgIpc) is 3.93. The van der Waals surface area contributed by atoms with Gasteiger partial charge in [-0.1, -0.05) is 12.8 Å². The van der Waals surface area contributed by atoms with Crippen LogP contribution in [-0.4, -0.2) is 46.8 Å². The third kappa shape index (κ3) is 5.18. The number of ether oxygens (including phenoxy) is 1. The van der Waals surface area contributed by atoms with Gasteiger partial charge in [0.15, 0.2) is 5.82 Å². The third-order valence-corrected chi connectivity index (χ3v) is 10.7. The molecule has 0 bridgehead atoms. The van der Waals surface area contributed by atoms with Crippen molar-refractivity contribution >= 4 is 51.0 Å². The summed E-state index contributed by atoms with van der Waals surface area (Å²) in [6.07, 6.45) is 6.79. The molecule has 44 heavy (non-hydrogen) atoms. The molecule has 0 radical (unpaired) electrons. The number of nitrogens with zero attached hydrogens (tertiary/aromatic N) is 2. The molecule has 2 saturated carbocycles. The fourth-order valence-corrected chi connectivity index (χ4v) is 7.67. The molecule has 4 aliphatic rings. The van der Waals surface area contributed by atoms with Crippen LogP contribution in [0, 0.1) is 17.7 Å². The van der Waals surface area contributed by atoms with Gasteiger partial charge in [0.05, 0.1) is 35.1 Å². The van der Waals surface area contributed by atoms with Crippen molar-refractivity contribution in [2.75, 3.05) is 12.4 Å². The van der Waals surface area contributed by atoms with Crippen molar-refractivity contribution in [2.45, 2.75) is 76.4 Å². The Bertz CT molecular complexity index is 1720. The zero-order valence-corrected chi connectivity index (χ0v) is 25.4. The summed E-state index contributed by atoms with van der Waals surface area (Å²) in [7, 11) is 1.66.